The first kappa shape index (κ1) is 19.4. The molecule has 1 fully saturated rings. The topological polar surface area (TPSA) is 75.7 Å². The summed E-state index contributed by atoms with van der Waals surface area (Å²) in [6.45, 7) is 0.632. The lowest BCUT2D eigenvalue weighted by atomic mass is 10.1. The monoisotopic (exact) mass is 406 g/mol. The predicted molar refractivity (Wildman–Crippen MR) is 104 cm³/mol. The highest BCUT2D eigenvalue weighted by atomic mass is 35.5. The summed E-state index contributed by atoms with van der Waals surface area (Å²) in [5.74, 6) is -1.08. The summed E-state index contributed by atoms with van der Waals surface area (Å²) in [4.78, 5) is 39.0. The van der Waals surface area contributed by atoms with Gasteiger partial charge >= 0.3 is 5.97 Å². The highest BCUT2D eigenvalue weighted by Gasteiger charge is 2.27. The van der Waals surface area contributed by atoms with Crippen molar-refractivity contribution in [3.8, 4) is 0 Å². The number of amides is 2. The van der Waals surface area contributed by atoms with E-state index in [4.69, 9.17) is 16.3 Å². The molecule has 2 amide bonds. The van der Waals surface area contributed by atoms with Crippen LogP contribution in [0.5, 0.6) is 0 Å². The number of thiophene rings is 1. The summed E-state index contributed by atoms with van der Waals surface area (Å²) < 4.78 is 5.12. The van der Waals surface area contributed by atoms with Crippen LogP contribution in [0.3, 0.4) is 0 Å². The second-order valence-corrected chi connectivity index (χ2v) is 7.53. The number of hydrogen-bond donors (Lipinski definition) is 1. The molecular weight excluding hydrogens is 388 g/mol. The van der Waals surface area contributed by atoms with E-state index in [2.05, 4.69) is 5.32 Å². The van der Waals surface area contributed by atoms with Gasteiger partial charge in [-0.1, -0.05) is 17.7 Å². The minimum absolute atomic E-state index is 0.0577. The quantitative estimate of drug-likeness (QED) is 0.717. The molecule has 0 spiro atoms. The van der Waals surface area contributed by atoms with Crippen LogP contribution in [0.25, 0.3) is 0 Å². The molecule has 8 heteroatoms. The first-order valence-electron chi connectivity index (χ1n) is 8.61. The van der Waals surface area contributed by atoms with E-state index in [9.17, 15) is 14.4 Å². The van der Waals surface area contributed by atoms with Crippen LogP contribution in [0, 0.1) is 0 Å². The van der Waals surface area contributed by atoms with E-state index >= 15 is 0 Å². The van der Waals surface area contributed by atoms with E-state index in [1.807, 2.05) is 17.5 Å². The van der Waals surface area contributed by atoms with Gasteiger partial charge < -0.3 is 15.0 Å². The van der Waals surface area contributed by atoms with E-state index in [0.717, 1.165) is 12.8 Å². The van der Waals surface area contributed by atoms with Crippen LogP contribution >= 0.6 is 22.9 Å². The van der Waals surface area contributed by atoms with Gasteiger partial charge in [-0.3, -0.25) is 9.59 Å². The zero-order valence-corrected chi connectivity index (χ0v) is 16.1. The predicted octanol–water partition coefficient (Wildman–Crippen LogP) is 3.04. The van der Waals surface area contributed by atoms with Crippen molar-refractivity contribution in [2.45, 2.75) is 19.3 Å². The van der Waals surface area contributed by atoms with Crippen LogP contribution in [-0.2, 0) is 20.7 Å². The summed E-state index contributed by atoms with van der Waals surface area (Å²) in [7, 11) is 0. The average molecular weight is 407 g/mol. The van der Waals surface area contributed by atoms with Crippen molar-refractivity contribution < 1.29 is 19.1 Å². The van der Waals surface area contributed by atoms with Gasteiger partial charge in [-0.15, -0.1) is 11.3 Å². The highest BCUT2D eigenvalue weighted by Crippen LogP contribution is 2.29. The van der Waals surface area contributed by atoms with Gasteiger partial charge in [0.05, 0.1) is 11.3 Å². The maximum Gasteiger partial charge on any atom is 0.340 e. The standard InChI is InChI=1S/C19H19ClN2O4S/c20-13-5-6-15(16(11-13)22-9-1-4-18(22)24)19(25)26-12-17(23)21-8-7-14-3-2-10-27-14/h2-3,5-6,10-11H,1,4,7-9,12H2,(H,21,23). The molecule has 142 valence electrons. The third kappa shape index (κ3) is 5.08. The van der Waals surface area contributed by atoms with Crippen LogP contribution in [0.15, 0.2) is 35.7 Å². The molecule has 1 aliphatic heterocycles. The van der Waals surface area contributed by atoms with Crippen LogP contribution in [0.2, 0.25) is 5.02 Å². The molecule has 0 atom stereocenters. The smallest absolute Gasteiger partial charge is 0.340 e. The van der Waals surface area contributed by atoms with E-state index < -0.39 is 5.97 Å². The van der Waals surface area contributed by atoms with Gasteiger partial charge in [-0.05, 0) is 42.5 Å². The van der Waals surface area contributed by atoms with Crippen molar-refractivity contribution in [2.75, 3.05) is 24.6 Å². The number of nitrogens with zero attached hydrogens (tertiary/aromatic N) is 1. The normalized spacial score (nSPS) is 13.7. The molecule has 2 aromatic rings. The Balaban J connectivity index is 1.56. The molecule has 1 N–H and O–H groups in total. The van der Waals surface area contributed by atoms with Gasteiger partial charge in [0.25, 0.3) is 5.91 Å². The zero-order chi connectivity index (χ0) is 19.2. The van der Waals surface area contributed by atoms with Gasteiger partial charge in [-0.2, -0.15) is 0 Å². The molecule has 0 aliphatic carbocycles. The van der Waals surface area contributed by atoms with Crippen LogP contribution in [0.4, 0.5) is 5.69 Å². The summed E-state index contributed by atoms with van der Waals surface area (Å²) in [5.41, 5.74) is 0.647. The molecule has 0 radical (unpaired) electrons. The van der Waals surface area contributed by atoms with Crippen molar-refractivity contribution >= 4 is 46.4 Å². The molecule has 2 heterocycles. The SMILES string of the molecule is O=C(COC(=O)c1ccc(Cl)cc1N1CCCC1=O)NCCc1cccs1. The van der Waals surface area contributed by atoms with Crippen LogP contribution in [-0.4, -0.2) is 37.5 Å². The lowest BCUT2D eigenvalue weighted by molar-refractivity contribution is -0.124. The van der Waals surface area contributed by atoms with E-state index in [1.165, 1.54) is 15.8 Å². The third-order valence-corrected chi connectivity index (χ3v) is 5.32. The van der Waals surface area contributed by atoms with Gasteiger partial charge in [0.2, 0.25) is 5.91 Å². The van der Waals surface area contributed by atoms with E-state index in [0.29, 0.717) is 30.2 Å². The molecule has 6 nitrogen and oxygen atoms in total. The maximum atomic E-state index is 12.4. The molecule has 1 aliphatic rings. The molecule has 0 unspecified atom stereocenters. The molecule has 1 saturated heterocycles. The molecule has 1 aromatic carbocycles. The van der Waals surface area contributed by atoms with E-state index in [-0.39, 0.29) is 24.0 Å². The van der Waals surface area contributed by atoms with Gasteiger partial charge in [0.15, 0.2) is 6.61 Å². The number of anilines is 1. The molecule has 0 bridgehead atoms. The largest absolute Gasteiger partial charge is 0.452 e. The Labute approximate surface area is 166 Å². The fourth-order valence-corrected chi connectivity index (χ4v) is 3.72. The molecule has 3 rings (SSSR count). The number of carbonyl (C=O) groups excluding carboxylic acids is 3. The number of halogens is 1. The summed E-state index contributed by atoms with van der Waals surface area (Å²) in [5, 5.41) is 5.12. The van der Waals surface area contributed by atoms with Gasteiger partial charge in [-0.25, -0.2) is 4.79 Å². The minimum atomic E-state index is -0.658. The zero-order valence-electron chi connectivity index (χ0n) is 14.6. The number of benzene rings is 1. The van der Waals surface area contributed by atoms with E-state index in [1.54, 1.807) is 23.5 Å². The second-order valence-electron chi connectivity index (χ2n) is 6.07. The molecule has 1 aromatic heterocycles. The summed E-state index contributed by atoms with van der Waals surface area (Å²) in [6.07, 6.45) is 1.90. The maximum absolute atomic E-state index is 12.4. The van der Waals surface area contributed by atoms with Gasteiger partial charge in [0, 0.05) is 29.4 Å². The lowest BCUT2D eigenvalue weighted by Gasteiger charge is -2.19. The van der Waals surface area contributed by atoms with Crippen LogP contribution < -0.4 is 10.2 Å². The Hall–Kier alpha value is -2.38. The Morgan fingerprint density at radius 2 is 2.15 bits per heavy atom. The van der Waals surface area contributed by atoms with Crippen molar-refractivity contribution in [3.63, 3.8) is 0 Å². The number of rotatable bonds is 7. The van der Waals surface area contributed by atoms with Gasteiger partial charge in [0.1, 0.15) is 0 Å². The van der Waals surface area contributed by atoms with Crippen molar-refractivity contribution in [3.05, 3.63) is 51.2 Å². The Bertz CT molecular complexity index is 838. The summed E-state index contributed by atoms with van der Waals surface area (Å²) >= 11 is 7.65. The molecule has 27 heavy (non-hydrogen) atoms. The minimum Gasteiger partial charge on any atom is -0.452 e. The fraction of sp³-hybridized carbons (Fsp3) is 0.316. The average Bonchev–Trinajstić information content (AvgIpc) is 3.31. The van der Waals surface area contributed by atoms with Crippen molar-refractivity contribution in [2.24, 2.45) is 0 Å². The lowest BCUT2D eigenvalue weighted by Crippen LogP contribution is -2.31. The Kier molecular flexibility index (Phi) is 6.47. The second kappa shape index (κ2) is 9.01. The fourth-order valence-electron chi connectivity index (χ4n) is 2.84. The number of esters is 1. The number of nitrogens with one attached hydrogen (secondary N) is 1. The number of hydrogen-bond acceptors (Lipinski definition) is 5. The number of ether oxygens (including phenoxy) is 1. The molecule has 0 saturated carbocycles. The first-order chi connectivity index (χ1) is 13.0. The third-order valence-electron chi connectivity index (χ3n) is 4.15. The van der Waals surface area contributed by atoms with Crippen LogP contribution in [0.1, 0.15) is 28.1 Å². The molecular formula is C19H19ClN2O4S. The Morgan fingerprint density at radius 1 is 1.30 bits per heavy atom. The first-order valence-corrected chi connectivity index (χ1v) is 9.86. The highest BCUT2D eigenvalue weighted by molar-refractivity contribution is 7.09. The van der Waals surface area contributed by atoms with Crippen molar-refractivity contribution in [1.29, 1.82) is 0 Å². The Morgan fingerprint density at radius 3 is 2.85 bits per heavy atom. The van der Waals surface area contributed by atoms with Crippen molar-refractivity contribution in [1.82, 2.24) is 5.32 Å². The number of carbonyl (C=O) groups is 3. The summed E-state index contributed by atoms with van der Waals surface area (Å²) in [6, 6.07) is 8.60.